The molecule has 2 N–H and O–H groups in total. The molecule has 7 aromatic rings. The van der Waals surface area contributed by atoms with Crippen LogP contribution in [0.3, 0.4) is 0 Å². The minimum atomic E-state index is -5.27. The van der Waals surface area contributed by atoms with Gasteiger partial charge in [0.2, 0.25) is 5.79 Å². The van der Waals surface area contributed by atoms with Gasteiger partial charge in [-0.2, -0.15) is 0 Å². The van der Waals surface area contributed by atoms with Crippen LogP contribution in [-0.2, 0) is 121 Å². The summed E-state index contributed by atoms with van der Waals surface area (Å²) in [7, 11) is -8.45. The number of benzene rings is 7. The summed E-state index contributed by atoms with van der Waals surface area (Å²) < 4.78 is 118. The second-order valence-electron chi connectivity index (χ2n) is 20.9. The van der Waals surface area contributed by atoms with Crippen LogP contribution in [0.25, 0.3) is 10.4 Å². The smallest absolute Gasteiger partial charge is 0.374 e. The Kier molecular flexibility index (Phi) is 26.9. The number of rotatable bonds is 39. The van der Waals surface area contributed by atoms with E-state index in [1.54, 1.807) is 0 Å². The van der Waals surface area contributed by atoms with E-state index in [1.807, 2.05) is 212 Å². The standard InChI is InChI=1S/C66H73N3O18P2/c67-69-68-36-37-82-66(83-44-56-34-20-7-21-35-56)49-81-60(46-75-39-51-24-10-2-11-25-51)64(66)87-89(72,73)84-48-58(77-41-53-28-14-4-15-29-53)61(78-42-54-30-16-5-17-31-54)57(76-40-52-26-12-3-13-27-52)47-80-65-63(79-43-55-32-18-6-19-33-55)62(86-88(70)71)59(85-65)45-74-38-50-22-8-1-9-23-50/h1-35,57-65H,36-49H2,(H-,70,71,72,73)/p+1/t57?,58?,59-,60-,61?,62?,63?,64?,65-,66+/m1/s1. The summed E-state index contributed by atoms with van der Waals surface area (Å²) in [6.07, 6.45) is -10.6. The summed E-state index contributed by atoms with van der Waals surface area (Å²) in [6, 6.07) is 65.7. The van der Waals surface area contributed by atoms with Crippen LogP contribution in [0.1, 0.15) is 38.9 Å². The highest BCUT2D eigenvalue weighted by molar-refractivity contribution is 7.47. The Bertz CT molecular complexity index is 3230. The van der Waals surface area contributed by atoms with Gasteiger partial charge in [-0.3, -0.25) is 9.05 Å². The summed E-state index contributed by atoms with van der Waals surface area (Å²) in [5.41, 5.74) is 14.8. The average molecular weight is 1260 g/mol. The molecule has 0 aliphatic carbocycles. The second-order valence-corrected chi connectivity index (χ2v) is 23.0. The molecule has 12 atom stereocenters. The van der Waals surface area contributed by atoms with Crippen molar-refractivity contribution in [3.63, 3.8) is 0 Å². The fraction of sp³-hybridized carbons (Fsp3) is 0.364. The lowest BCUT2D eigenvalue weighted by molar-refractivity contribution is -0.270. The van der Waals surface area contributed by atoms with Crippen LogP contribution >= 0.6 is 16.1 Å². The van der Waals surface area contributed by atoms with Gasteiger partial charge in [-0.25, -0.2) is 4.57 Å². The predicted molar refractivity (Wildman–Crippen MR) is 326 cm³/mol. The maximum absolute atomic E-state index is 15.0. The van der Waals surface area contributed by atoms with Crippen molar-refractivity contribution in [3.8, 4) is 0 Å². The lowest BCUT2D eigenvalue weighted by Crippen LogP contribution is -2.51. The summed E-state index contributed by atoms with van der Waals surface area (Å²) >= 11 is 0. The van der Waals surface area contributed by atoms with Crippen LogP contribution in [0.15, 0.2) is 217 Å². The molecule has 470 valence electrons. The maximum Gasteiger partial charge on any atom is 0.695 e. The molecule has 23 heteroatoms. The van der Waals surface area contributed by atoms with Gasteiger partial charge in [0.15, 0.2) is 18.5 Å². The van der Waals surface area contributed by atoms with Gasteiger partial charge in [0.25, 0.3) is 0 Å². The van der Waals surface area contributed by atoms with Gasteiger partial charge in [0, 0.05) is 16.0 Å². The molecule has 0 spiro atoms. The van der Waals surface area contributed by atoms with Crippen molar-refractivity contribution in [2.24, 2.45) is 5.11 Å². The Hall–Kier alpha value is -6.46. The molecule has 0 saturated carbocycles. The van der Waals surface area contributed by atoms with E-state index in [4.69, 9.17) is 71.2 Å². The van der Waals surface area contributed by atoms with E-state index in [9.17, 15) is 18.9 Å². The highest BCUT2D eigenvalue weighted by atomic mass is 31.2. The Morgan fingerprint density at radius 1 is 0.562 bits per heavy atom. The molecule has 89 heavy (non-hydrogen) atoms. The maximum atomic E-state index is 15.0. The molecule has 2 saturated heterocycles. The fourth-order valence-corrected chi connectivity index (χ4v) is 11.4. The van der Waals surface area contributed by atoms with Crippen molar-refractivity contribution in [3.05, 3.63) is 262 Å². The first-order valence-corrected chi connectivity index (χ1v) is 31.8. The second kappa shape index (κ2) is 35.8. The fourth-order valence-electron chi connectivity index (χ4n) is 9.98. The quantitative estimate of drug-likeness (QED) is 0.00907. The highest BCUT2D eigenvalue weighted by Crippen LogP contribution is 2.50. The van der Waals surface area contributed by atoms with Gasteiger partial charge in [-0.1, -0.05) is 217 Å². The molecule has 0 radical (unpaired) electrons. The number of nitrogens with zero attached hydrogens (tertiary/aromatic N) is 3. The zero-order chi connectivity index (χ0) is 61.8. The van der Waals surface area contributed by atoms with E-state index >= 15 is 0 Å². The van der Waals surface area contributed by atoms with Crippen molar-refractivity contribution in [2.75, 3.05) is 46.2 Å². The molecule has 2 heterocycles. The molecule has 2 aliphatic heterocycles. The number of ether oxygens (including phenoxy) is 11. The Balaban J connectivity index is 1.04. The summed E-state index contributed by atoms with van der Waals surface area (Å²) in [4.78, 5) is 25.3. The van der Waals surface area contributed by atoms with Crippen molar-refractivity contribution in [1.82, 2.24) is 0 Å². The third-order valence-corrected chi connectivity index (χ3v) is 15.8. The molecule has 9 rings (SSSR count). The van der Waals surface area contributed by atoms with Gasteiger partial charge in [0.05, 0.1) is 79.3 Å². The number of hydrogen-bond donors (Lipinski definition) is 2. The summed E-state index contributed by atoms with van der Waals surface area (Å²) in [5.74, 6) is -1.86. The summed E-state index contributed by atoms with van der Waals surface area (Å²) in [5, 5.41) is 3.64. The average Bonchev–Trinajstić information content (AvgIpc) is 1.73. The Morgan fingerprint density at radius 3 is 1.48 bits per heavy atom. The number of phosphoric acid groups is 1. The first-order chi connectivity index (χ1) is 43.6. The van der Waals surface area contributed by atoms with Gasteiger partial charge in [-0.15, -0.1) is 9.42 Å². The van der Waals surface area contributed by atoms with Crippen molar-refractivity contribution >= 4 is 16.1 Å². The molecule has 0 amide bonds. The molecule has 0 bridgehead atoms. The molecular weight excluding hydrogens is 1180 g/mol. The lowest BCUT2D eigenvalue weighted by atomic mass is 10.1. The van der Waals surface area contributed by atoms with Gasteiger partial charge < -0.3 is 57.0 Å². The third kappa shape index (κ3) is 21.6. The molecule has 7 aromatic carbocycles. The zero-order valence-electron chi connectivity index (χ0n) is 49.0. The monoisotopic (exact) mass is 1260 g/mol. The minimum Gasteiger partial charge on any atom is -0.374 e. The Morgan fingerprint density at radius 2 is 1.00 bits per heavy atom. The molecule has 2 aliphatic rings. The first kappa shape index (κ1) is 66.9. The van der Waals surface area contributed by atoms with Crippen LogP contribution in [0.4, 0.5) is 0 Å². The van der Waals surface area contributed by atoms with E-state index in [0.717, 1.165) is 38.9 Å². The van der Waals surface area contributed by atoms with E-state index in [-0.39, 0.29) is 85.8 Å². The van der Waals surface area contributed by atoms with Crippen LogP contribution in [0.2, 0.25) is 0 Å². The number of azide groups is 1. The molecular formula is C66H74N3O18P2+. The van der Waals surface area contributed by atoms with Gasteiger partial charge in [-0.05, 0) is 44.5 Å². The van der Waals surface area contributed by atoms with Crippen LogP contribution in [-0.4, -0.2) is 117 Å². The third-order valence-electron chi connectivity index (χ3n) is 14.5. The topological polar surface area (TPSA) is 253 Å². The molecule has 21 nitrogen and oxygen atoms in total. The Labute approximate surface area is 518 Å². The van der Waals surface area contributed by atoms with Crippen molar-refractivity contribution < 1.29 is 84.6 Å². The minimum absolute atomic E-state index is 0.00322. The van der Waals surface area contributed by atoms with E-state index in [2.05, 4.69) is 10.0 Å². The number of hydrogen-bond acceptors (Lipinski definition) is 17. The zero-order valence-corrected chi connectivity index (χ0v) is 50.8. The predicted octanol–water partition coefficient (Wildman–Crippen LogP) is 11.7. The molecule has 8 unspecified atom stereocenters. The first-order valence-electron chi connectivity index (χ1n) is 29.2. The van der Waals surface area contributed by atoms with Crippen molar-refractivity contribution in [2.45, 2.75) is 107 Å². The number of phosphoric ester groups is 1. The van der Waals surface area contributed by atoms with E-state index < -0.39 is 83.6 Å². The van der Waals surface area contributed by atoms with Gasteiger partial charge in [0.1, 0.15) is 43.2 Å². The largest absolute Gasteiger partial charge is 0.695 e. The van der Waals surface area contributed by atoms with Crippen LogP contribution in [0.5, 0.6) is 0 Å². The van der Waals surface area contributed by atoms with E-state index in [1.165, 1.54) is 0 Å². The molecule has 0 aromatic heterocycles. The van der Waals surface area contributed by atoms with Crippen LogP contribution < -0.4 is 0 Å². The highest BCUT2D eigenvalue weighted by Gasteiger charge is 2.57. The SMILES string of the molecule is [N-]=[N+]=NCCO[C@]1(OCc2ccccc2)CO[C@H](COCc2ccccc2)C1OP(=O)(O)OCC(OCc1ccccc1)C(OCc1ccccc1)C(CO[C@@H]1O[C@H](COCc2ccccc2)C(O[P+](=O)O)C1OCc1ccccc1)OCc1ccccc1. The van der Waals surface area contributed by atoms with Gasteiger partial charge >= 0.3 is 16.1 Å². The normalized spacial score (nSPS) is 21.8. The van der Waals surface area contributed by atoms with Crippen LogP contribution in [0, 0.1) is 0 Å². The van der Waals surface area contributed by atoms with Crippen molar-refractivity contribution in [1.29, 1.82) is 0 Å². The lowest BCUT2D eigenvalue weighted by Gasteiger charge is -2.36. The summed E-state index contributed by atoms with van der Waals surface area (Å²) in [6.45, 7) is -1.34. The van der Waals surface area contributed by atoms with E-state index in [0.29, 0.717) is 0 Å². The molecule has 2 fully saturated rings.